The van der Waals surface area contributed by atoms with E-state index in [9.17, 15) is 13.2 Å². The molecule has 0 saturated carbocycles. The molecule has 110 valence electrons. The van der Waals surface area contributed by atoms with Crippen molar-refractivity contribution >= 4 is 21.5 Å². The molecule has 0 radical (unpaired) electrons. The van der Waals surface area contributed by atoms with Crippen LogP contribution in [0.1, 0.15) is 30.6 Å². The van der Waals surface area contributed by atoms with E-state index in [1.165, 1.54) is 0 Å². The first-order valence-corrected chi connectivity index (χ1v) is 8.33. The minimum Gasteiger partial charge on any atom is -0.378 e. The number of Topliss-reactive ketones (excluding diaryl/α,β-unsaturated/α-hetero) is 1. The summed E-state index contributed by atoms with van der Waals surface area (Å²) in [6.45, 7) is 3.99. The minimum atomic E-state index is -3.28. The molecule has 0 aliphatic carbocycles. The van der Waals surface area contributed by atoms with Crippen molar-refractivity contribution in [3.63, 3.8) is 0 Å². The van der Waals surface area contributed by atoms with Crippen molar-refractivity contribution in [2.75, 3.05) is 17.1 Å². The number of carbonyl (C=O) groups is 1. The van der Waals surface area contributed by atoms with Crippen molar-refractivity contribution in [2.24, 2.45) is 5.92 Å². The largest absolute Gasteiger partial charge is 0.378 e. The number of ketones is 1. The number of anilines is 1. The molecule has 6 heteroatoms. The van der Waals surface area contributed by atoms with Gasteiger partial charge in [0.15, 0.2) is 5.78 Å². The van der Waals surface area contributed by atoms with Crippen LogP contribution in [0.5, 0.6) is 0 Å². The fourth-order valence-electron chi connectivity index (χ4n) is 2.19. The fourth-order valence-corrected chi connectivity index (χ4v) is 2.83. The molecule has 1 aromatic carbocycles. The van der Waals surface area contributed by atoms with Gasteiger partial charge in [0, 0.05) is 17.2 Å². The minimum absolute atomic E-state index is 0.0188. The predicted molar refractivity (Wildman–Crippen MR) is 77.4 cm³/mol. The molecule has 1 fully saturated rings. The van der Waals surface area contributed by atoms with Crippen LogP contribution in [0.2, 0.25) is 0 Å². The molecular weight excluding hydrogens is 278 g/mol. The molecule has 2 unspecified atom stereocenters. The van der Waals surface area contributed by atoms with Crippen LogP contribution < -0.4 is 4.72 Å². The van der Waals surface area contributed by atoms with Gasteiger partial charge in [-0.05, 0) is 44.5 Å². The number of ether oxygens (including phenoxy) is 1. The highest BCUT2D eigenvalue weighted by molar-refractivity contribution is 7.92. The van der Waals surface area contributed by atoms with E-state index in [1.54, 1.807) is 31.2 Å². The van der Waals surface area contributed by atoms with E-state index in [4.69, 9.17) is 4.74 Å². The second kappa shape index (κ2) is 5.93. The molecule has 0 spiro atoms. The van der Waals surface area contributed by atoms with Crippen molar-refractivity contribution < 1.29 is 17.9 Å². The summed E-state index contributed by atoms with van der Waals surface area (Å²) in [5.74, 6) is -0.0206. The first kappa shape index (κ1) is 15.0. The molecule has 0 aromatic heterocycles. The van der Waals surface area contributed by atoms with E-state index in [0.29, 0.717) is 17.9 Å². The Balaban J connectivity index is 2.06. The number of hydrogen-bond acceptors (Lipinski definition) is 4. The monoisotopic (exact) mass is 297 g/mol. The maximum Gasteiger partial charge on any atom is 0.232 e. The Morgan fingerprint density at radius 1 is 1.35 bits per heavy atom. The van der Waals surface area contributed by atoms with Gasteiger partial charge in [-0.15, -0.1) is 0 Å². The Bertz CT molecular complexity index is 580. The summed E-state index contributed by atoms with van der Waals surface area (Å²) in [4.78, 5) is 12.2. The number of rotatable bonds is 5. The molecule has 1 heterocycles. The van der Waals surface area contributed by atoms with Gasteiger partial charge < -0.3 is 4.74 Å². The van der Waals surface area contributed by atoms with Gasteiger partial charge in [-0.3, -0.25) is 9.52 Å². The highest BCUT2D eigenvalue weighted by Crippen LogP contribution is 2.24. The molecular formula is C14H19NO4S. The van der Waals surface area contributed by atoms with Crippen LogP contribution in [-0.2, 0) is 14.8 Å². The Hall–Kier alpha value is -1.40. The van der Waals surface area contributed by atoms with Crippen LogP contribution in [-0.4, -0.2) is 32.7 Å². The lowest BCUT2D eigenvalue weighted by Gasteiger charge is -2.09. The molecule has 1 N–H and O–H groups in total. The smallest absolute Gasteiger partial charge is 0.232 e. The Morgan fingerprint density at radius 3 is 2.50 bits per heavy atom. The predicted octanol–water partition coefficient (Wildman–Crippen LogP) is 2.06. The van der Waals surface area contributed by atoms with Crippen LogP contribution in [0.3, 0.4) is 0 Å². The van der Waals surface area contributed by atoms with Crippen molar-refractivity contribution in [3.8, 4) is 0 Å². The Kier molecular flexibility index (Phi) is 4.45. The van der Waals surface area contributed by atoms with Crippen LogP contribution in [0.25, 0.3) is 0 Å². The average molecular weight is 297 g/mol. The van der Waals surface area contributed by atoms with Crippen molar-refractivity contribution in [3.05, 3.63) is 29.8 Å². The highest BCUT2D eigenvalue weighted by Gasteiger charge is 2.28. The first-order valence-electron chi connectivity index (χ1n) is 6.67. The van der Waals surface area contributed by atoms with E-state index >= 15 is 0 Å². The number of benzene rings is 1. The van der Waals surface area contributed by atoms with E-state index < -0.39 is 10.0 Å². The van der Waals surface area contributed by atoms with E-state index in [1.807, 2.05) is 6.92 Å². The number of hydrogen-bond donors (Lipinski definition) is 1. The third-order valence-corrected chi connectivity index (χ3v) is 4.70. The average Bonchev–Trinajstić information content (AvgIpc) is 2.85. The standard InChI is InChI=1S/C14H19NO4S/c1-3-20(17,18)15-13-6-4-11(5-7-13)14(16)12-8-10(2)19-9-12/h4-7,10,12,15H,3,8-9H2,1-2H3. The quantitative estimate of drug-likeness (QED) is 0.844. The van der Waals surface area contributed by atoms with Gasteiger partial charge in [-0.25, -0.2) is 8.42 Å². The zero-order valence-corrected chi connectivity index (χ0v) is 12.4. The number of carbonyl (C=O) groups excluding carboxylic acids is 1. The Labute approximate surface area is 119 Å². The first-order chi connectivity index (χ1) is 9.41. The van der Waals surface area contributed by atoms with Gasteiger partial charge in [0.1, 0.15) is 0 Å². The molecule has 1 aliphatic heterocycles. The number of nitrogens with one attached hydrogen (secondary N) is 1. The SMILES string of the molecule is CCS(=O)(=O)Nc1ccc(C(=O)C2COC(C)C2)cc1. The fraction of sp³-hybridized carbons (Fsp3) is 0.500. The zero-order chi connectivity index (χ0) is 14.8. The molecule has 2 rings (SSSR count). The zero-order valence-electron chi connectivity index (χ0n) is 11.6. The summed E-state index contributed by atoms with van der Waals surface area (Å²) in [5.41, 5.74) is 1.06. The molecule has 1 aromatic rings. The van der Waals surface area contributed by atoms with Gasteiger partial charge in [-0.2, -0.15) is 0 Å². The van der Waals surface area contributed by atoms with Crippen molar-refractivity contribution in [2.45, 2.75) is 26.4 Å². The summed E-state index contributed by atoms with van der Waals surface area (Å²) in [6.07, 6.45) is 0.864. The third kappa shape index (κ3) is 3.58. The van der Waals surface area contributed by atoms with Crippen LogP contribution in [0.15, 0.2) is 24.3 Å². The highest BCUT2D eigenvalue weighted by atomic mass is 32.2. The van der Waals surface area contributed by atoms with E-state index in [2.05, 4.69) is 4.72 Å². The summed E-state index contributed by atoms with van der Waals surface area (Å²) in [7, 11) is -3.28. The van der Waals surface area contributed by atoms with Gasteiger partial charge in [0.25, 0.3) is 0 Å². The van der Waals surface area contributed by atoms with Crippen LogP contribution in [0.4, 0.5) is 5.69 Å². The van der Waals surface area contributed by atoms with Crippen molar-refractivity contribution in [1.82, 2.24) is 0 Å². The molecule has 20 heavy (non-hydrogen) atoms. The summed E-state index contributed by atoms with van der Waals surface area (Å²) in [6, 6.07) is 6.52. The van der Waals surface area contributed by atoms with Crippen LogP contribution >= 0.6 is 0 Å². The maximum absolute atomic E-state index is 12.2. The summed E-state index contributed by atoms with van der Waals surface area (Å²) < 4.78 is 30.7. The molecule has 0 bridgehead atoms. The van der Waals surface area contributed by atoms with Crippen LogP contribution in [0, 0.1) is 5.92 Å². The third-order valence-electron chi connectivity index (χ3n) is 3.39. The van der Waals surface area contributed by atoms with Gasteiger partial charge >= 0.3 is 0 Å². The van der Waals surface area contributed by atoms with Gasteiger partial charge in [-0.1, -0.05) is 0 Å². The second-order valence-electron chi connectivity index (χ2n) is 5.02. The van der Waals surface area contributed by atoms with E-state index in [-0.39, 0.29) is 23.6 Å². The normalized spacial score (nSPS) is 22.7. The van der Waals surface area contributed by atoms with Gasteiger partial charge in [0.2, 0.25) is 10.0 Å². The lowest BCUT2D eigenvalue weighted by atomic mass is 9.95. The topological polar surface area (TPSA) is 72.5 Å². The van der Waals surface area contributed by atoms with Crippen molar-refractivity contribution in [1.29, 1.82) is 0 Å². The second-order valence-corrected chi connectivity index (χ2v) is 7.03. The summed E-state index contributed by atoms with van der Waals surface area (Å²) in [5, 5.41) is 0. The summed E-state index contributed by atoms with van der Waals surface area (Å²) >= 11 is 0. The molecule has 5 nitrogen and oxygen atoms in total. The lowest BCUT2D eigenvalue weighted by Crippen LogP contribution is -2.16. The van der Waals surface area contributed by atoms with Gasteiger partial charge in [0.05, 0.1) is 18.5 Å². The molecule has 1 aliphatic rings. The van der Waals surface area contributed by atoms with E-state index in [0.717, 1.165) is 6.42 Å². The maximum atomic E-state index is 12.2. The lowest BCUT2D eigenvalue weighted by molar-refractivity contribution is 0.0877. The molecule has 1 saturated heterocycles. The molecule has 0 amide bonds. The Morgan fingerprint density at radius 2 is 2.00 bits per heavy atom. The number of sulfonamides is 1. The molecule has 2 atom stereocenters.